The number of fused-ring (bicyclic) bond motifs is 4. The summed E-state index contributed by atoms with van der Waals surface area (Å²) in [5, 5.41) is 12.6. The van der Waals surface area contributed by atoms with E-state index in [2.05, 4.69) is 0 Å². The van der Waals surface area contributed by atoms with E-state index in [1.54, 1.807) is 55.5 Å². The molecule has 260 valence electrons. The molecule has 0 fully saturated rings. The maximum atomic E-state index is 13.8. The van der Waals surface area contributed by atoms with Crippen molar-refractivity contribution in [3.63, 3.8) is 0 Å². The number of hydrogen-bond acceptors (Lipinski definition) is 11. The van der Waals surface area contributed by atoms with Crippen molar-refractivity contribution in [2.24, 2.45) is 5.92 Å². The first-order chi connectivity index (χ1) is 24.1. The Morgan fingerprint density at radius 2 is 1.44 bits per heavy atom. The van der Waals surface area contributed by atoms with Crippen molar-refractivity contribution in [2.75, 3.05) is 35.2 Å². The molecule has 11 nitrogen and oxygen atoms in total. The van der Waals surface area contributed by atoms with Gasteiger partial charge in [-0.05, 0) is 42.8 Å². The summed E-state index contributed by atoms with van der Waals surface area (Å²) in [4.78, 5) is 27.4. The normalized spacial score (nSPS) is 20.5. The smallest absolute Gasteiger partial charge is 0.338 e. The van der Waals surface area contributed by atoms with Crippen LogP contribution in [0.3, 0.4) is 0 Å². The van der Waals surface area contributed by atoms with Gasteiger partial charge in [0.25, 0.3) is 0 Å². The number of hydrogen-bond donors (Lipinski definition) is 1. The Balaban J connectivity index is 1.65. The molecule has 4 atom stereocenters. The summed E-state index contributed by atoms with van der Waals surface area (Å²) in [7, 11) is 5.84. The molecule has 0 amide bonds. The molecule has 0 radical (unpaired) electrons. The molecule has 4 aromatic carbocycles. The van der Waals surface area contributed by atoms with Crippen molar-refractivity contribution in [1.29, 1.82) is 0 Å². The van der Waals surface area contributed by atoms with Crippen LogP contribution in [0.5, 0.6) is 34.5 Å². The highest BCUT2D eigenvalue weighted by atomic mass is 16.7. The van der Waals surface area contributed by atoms with Crippen LogP contribution in [0.4, 0.5) is 0 Å². The summed E-state index contributed by atoms with van der Waals surface area (Å²) in [6, 6.07) is 21.1. The van der Waals surface area contributed by atoms with E-state index < -0.39 is 35.7 Å². The topological polar surface area (TPSA) is 128 Å². The molecule has 0 saturated carbocycles. The molecular weight excluding hydrogens is 644 g/mol. The Morgan fingerprint density at radius 1 is 0.800 bits per heavy atom. The van der Waals surface area contributed by atoms with Gasteiger partial charge >= 0.3 is 11.9 Å². The zero-order chi connectivity index (χ0) is 35.6. The highest BCUT2D eigenvalue weighted by molar-refractivity contribution is 5.92. The second kappa shape index (κ2) is 14.0. The van der Waals surface area contributed by atoms with Crippen molar-refractivity contribution >= 4 is 18.0 Å². The van der Waals surface area contributed by atoms with Gasteiger partial charge in [-0.15, -0.1) is 0 Å². The third-order valence-corrected chi connectivity index (χ3v) is 9.15. The lowest BCUT2D eigenvalue weighted by molar-refractivity contribution is -0.173. The van der Waals surface area contributed by atoms with E-state index >= 15 is 0 Å². The van der Waals surface area contributed by atoms with Gasteiger partial charge in [0.05, 0.1) is 34.0 Å². The van der Waals surface area contributed by atoms with E-state index in [0.717, 1.165) is 5.56 Å². The average Bonchev–Trinajstić information content (AvgIpc) is 3.62. The molecule has 11 heteroatoms. The van der Waals surface area contributed by atoms with Gasteiger partial charge in [0.2, 0.25) is 18.3 Å². The van der Waals surface area contributed by atoms with Crippen molar-refractivity contribution in [3.05, 3.63) is 101 Å². The maximum absolute atomic E-state index is 13.8. The van der Waals surface area contributed by atoms with Crippen molar-refractivity contribution in [1.82, 2.24) is 0 Å². The van der Waals surface area contributed by atoms with Crippen LogP contribution in [0.2, 0.25) is 0 Å². The summed E-state index contributed by atoms with van der Waals surface area (Å²) < 4.78 is 47.7. The Labute approximate surface area is 289 Å². The highest BCUT2D eigenvalue weighted by Crippen LogP contribution is 2.61. The van der Waals surface area contributed by atoms with Gasteiger partial charge in [-0.3, -0.25) is 0 Å². The fourth-order valence-electron chi connectivity index (χ4n) is 6.47. The quantitative estimate of drug-likeness (QED) is 0.149. The summed E-state index contributed by atoms with van der Waals surface area (Å²) in [5.41, 5.74) is 0.630. The van der Waals surface area contributed by atoms with Gasteiger partial charge < -0.3 is 43.0 Å². The number of rotatable bonds is 9. The predicted octanol–water partition coefficient (Wildman–Crippen LogP) is 6.71. The minimum atomic E-state index is -1.89. The van der Waals surface area contributed by atoms with Crippen LogP contribution in [-0.2, 0) is 14.3 Å². The van der Waals surface area contributed by atoms with Gasteiger partial charge in [-0.25, -0.2) is 9.59 Å². The molecule has 0 unspecified atom stereocenters. The minimum absolute atomic E-state index is 0.0831. The number of ether oxygens (including phenoxy) is 8. The lowest BCUT2D eigenvalue weighted by atomic mass is 9.71. The summed E-state index contributed by atoms with van der Waals surface area (Å²) in [6.07, 6.45) is 0.369. The van der Waals surface area contributed by atoms with Gasteiger partial charge in [0, 0.05) is 34.2 Å². The first kappa shape index (κ1) is 34.2. The first-order valence-corrected chi connectivity index (χ1v) is 15.9. The predicted molar refractivity (Wildman–Crippen MR) is 183 cm³/mol. The van der Waals surface area contributed by atoms with Gasteiger partial charge in [0.1, 0.15) is 11.7 Å². The lowest BCUT2D eigenvalue weighted by Gasteiger charge is -2.43. The van der Waals surface area contributed by atoms with Gasteiger partial charge in [-0.1, -0.05) is 55.5 Å². The molecule has 0 saturated heterocycles. The molecule has 1 aliphatic heterocycles. The second-order valence-corrected chi connectivity index (χ2v) is 12.0. The Bertz CT molecular complexity index is 1920. The number of aliphatic hydroxyl groups is 1. The van der Waals surface area contributed by atoms with Crippen LogP contribution < -0.4 is 28.4 Å². The standard InChI is InChI=1S/C39H38O11/c1-22-32(50-38(41)24-15-11-8-12-16-24)25-19-28-34(48-21-47-28)36(46-6)30(25)31-26(20-27(43-3)33(44-4)35(31)45-5)37(39(22,2)42)49-29(40)18-17-23-13-9-7-10-14-23/h7-20,22,32,37,42H,21H2,1-6H3/b18-17+/t22-,32-,37-,39+/m1/s1. The first-order valence-electron chi connectivity index (χ1n) is 15.9. The summed E-state index contributed by atoms with van der Waals surface area (Å²) in [6.45, 7) is 3.16. The van der Waals surface area contributed by atoms with Crippen molar-refractivity contribution < 1.29 is 52.6 Å². The number of esters is 2. The maximum Gasteiger partial charge on any atom is 0.338 e. The summed E-state index contributed by atoms with van der Waals surface area (Å²) in [5.74, 6) is -0.735. The Morgan fingerprint density at radius 3 is 2.08 bits per heavy atom. The van der Waals surface area contributed by atoms with E-state index in [0.29, 0.717) is 39.3 Å². The number of benzene rings is 4. The zero-order valence-corrected chi connectivity index (χ0v) is 28.6. The van der Waals surface area contributed by atoms with Crippen molar-refractivity contribution in [3.8, 4) is 45.6 Å². The molecule has 50 heavy (non-hydrogen) atoms. The fourth-order valence-corrected chi connectivity index (χ4v) is 6.47. The highest BCUT2D eigenvalue weighted by Gasteiger charge is 2.51. The largest absolute Gasteiger partial charge is 0.493 e. The van der Waals surface area contributed by atoms with E-state index in [4.69, 9.17) is 37.9 Å². The van der Waals surface area contributed by atoms with E-state index in [1.165, 1.54) is 41.4 Å². The van der Waals surface area contributed by atoms with Gasteiger partial charge in [0.15, 0.2) is 29.1 Å². The molecular formula is C39H38O11. The monoisotopic (exact) mass is 682 g/mol. The van der Waals surface area contributed by atoms with E-state index in [9.17, 15) is 14.7 Å². The van der Waals surface area contributed by atoms with Crippen LogP contribution in [0, 0.1) is 5.92 Å². The number of methoxy groups -OCH3 is 4. The molecule has 1 aliphatic carbocycles. The van der Waals surface area contributed by atoms with Crippen LogP contribution in [0.1, 0.15) is 53.1 Å². The molecule has 4 aromatic rings. The fraction of sp³-hybridized carbons (Fsp3) is 0.282. The molecule has 1 N–H and O–H groups in total. The number of carbonyl (C=O) groups excluding carboxylic acids is 2. The van der Waals surface area contributed by atoms with E-state index in [-0.39, 0.29) is 29.8 Å². The van der Waals surface area contributed by atoms with Gasteiger partial charge in [-0.2, -0.15) is 0 Å². The average molecular weight is 683 g/mol. The van der Waals surface area contributed by atoms with Crippen LogP contribution in [0.25, 0.3) is 17.2 Å². The molecule has 1 heterocycles. The molecule has 6 rings (SSSR count). The van der Waals surface area contributed by atoms with E-state index in [1.807, 2.05) is 30.3 Å². The SMILES string of the molecule is COc1cc2c(c(OC)c1OC)-c1c(cc3c(c1OC)OCO3)[C@H](OC(=O)c1ccccc1)[C@@H](C)[C@](C)(O)[C@@H]2OC(=O)/C=C/c1ccccc1. The lowest BCUT2D eigenvalue weighted by Crippen LogP contribution is -2.46. The molecule has 2 aliphatic rings. The Hall–Kier alpha value is -5.68. The third kappa shape index (κ3) is 6.05. The Kier molecular flexibility index (Phi) is 9.61. The minimum Gasteiger partial charge on any atom is -0.493 e. The van der Waals surface area contributed by atoms with Crippen LogP contribution in [-0.4, -0.2) is 57.9 Å². The molecule has 0 aromatic heterocycles. The summed E-state index contributed by atoms with van der Waals surface area (Å²) >= 11 is 0. The number of carbonyl (C=O) groups is 2. The second-order valence-electron chi connectivity index (χ2n) is 12.0. The molecule has 0 spiro atoms. The third-order valence-electron chi connectivity index (χ3n) is 9.15. The molecule has 0 bridgehead atoms. The van der Waals surface area contributed by atoms with Crippen LogP contribution in [0.15, 0.2) is 78.9 Å². The van der Waals surface area contributed by atoms with Crippen molar-refractivity contribution in [2.45, 2.75) is 31.7 Å². The zero-order valence-electron chi connectivity index (χ0n) is 28.6. The van der Waals surface area contributed by atoms with Crippen LogP contribution >= 0.6 is 0 Å².